The molecule has 1 aliphatic rings. The van der Waals surface area contributed by atoms with E-state index in [1.165, 1.54) is 0 Å². The Morgan fingerprint density at radius 2 is 2.22 bits per heavy atom. The fraction of sp³-hybridized carbons (Fsp3) is 0.600. The summed E-state index contributed by atoms with van der Waals surface area (Å²) in [6.07, 6.45) is 4.56. The zero-order valence-electron chi connectivity index (χ0n) is 11.1. The summed E-state index contributed by atoms with van der Waals surface area (Å²) in [6, 6.07) is 5.88. The Labute approximate surface area is 117 Å². The van der Waals surface area contributed by atoms with Gasteiger partial charge in [0.15, 0.2) is 0 Å². The second-order valence-electron chi connectivity index (χ2n) is 5.14. The third-order valence-electron chi connectivity index (χ3n) is 3.85. The first-order chi connectivity index (χ1) is 8.60. The van der Waals surface area contributed by atoms with E-state index < -0.39 is 6.10 Å². The normalized spacial score (nSPS) is 26.6. The number of ether oxygens (including phenoxy) is 1. The summed E-state index contributed by atoms with van der Waals surface area (Å²) in [5.74, 6) is 0.843. The summed E-state index contributed by atoms with van der Waals surface area (Å²) in [6.45, 7) is 4.33. The minimum atomic E-state index is -0.414. The lowest BCUT2D eigenvalue weighted by Crippen LogP contribution is -2.40. The minimum Gasteiger partial charge on any atom is -0.487 e. The molecule has 1 aliphatic heterocycles. The van der Waals surface area contributed by atoms with E-state index >= 15 is 0 Å². The van der Waals surface area contributed by atoms with E-state index in [4.69, 9.17) is 4.74 Å². The monoisotopic (exact) mass is 312 g/mol. The third kappa shape index (κ3) is 2.72. The first kappa shape index (κ1) is 13.9. The van der Waals surface area contributed by atoms with Crippen LogP contribution in [0.5, 0.6) is 5.75 Å². The van der Waals surface area contributed by atoms with Crippen molar-refractivity contribution >= 4 is 15.9 Å². The fourth-order valence-corrected chi connectivity index (χ4v) is 3.03. The standard InChI is InChI=1S/C15H21BrO2/c1-3-5-8-15(4-2)10-13(17)12-9-11(16)6-7-14(12)18-15/h6-7,9,13,17H,3-5,8,10H2,1-2H3. The molecule has 1 aromatic carbocycles. The van der Waals surface area contributed by atoms with E-state index in [1.54, 1.807) is 0 Å². The topological polar surface area (TPSA) is 29.5 Å². The average Bonchev–Trinajstić information content (AvgIpc) is 2.37. The van der Waals surface area contributed by atoms with E-state index in [0.717, 1.165) is 41.5 Å². The largest absolute Gasteiger partial charge is 0.487 e. The highest BCUT2D eigenvalue weighted by Crippen LogP contribution is 2.44. The molecule has 0 aliphatic carbocycles. The molecule has 2 atom stereocenters. The maximum Gasteiger partial charge on any atom is 0.126 e. The van der Waals surface area contributed by atoms with Gasteiger partial charge in [-0.25, -0.2) is 0 Å². The van der Waals surface area contributed by atoms with Crippen molar-refractivity contribution in [1.82, 2.24) is 0 Å². The van der Waals surface area contributed by atoms with Crippen LogP contribution in [0.1, 0.15) is 57.6 Å². The summed E-state index contributed by atoms with van der Waals surface area (Å²) in [7, 11) is 0. The van der Waals surface area contributed by atoms with Crippen LogP contribution in [0.15, 0.2) is 22.7 Å². The van der Waals surface area contributed by atoms with Gasteiger partial charge in [0.05, 0.1) is 6.10 Å². The van der Waals surface area contributed by atoms with Crippen LogP contribution >= 0.6 is 15.9 Å². The number of unbranched alkanes of at least 4 members (excludes halogenated alkanes) is 1. The lowest BCUT2D eigenvalue weighted by atomic mass is 9.83. The zero-order chi connectivity index (χ0) is 13.2. The van der Waals surface area contributed by atoms with Crippen molar-refractivity contribution in [3.05, 3.63) is 28.2 Å². The van der Waals surface area contributed by atoms with Crippen molar-refractivity contribution < 1.29 is 9.84 Å². The molecule has 1 aromatic rings. The van der Waals surface area contributed by atoms with Gasteiger partial charge in [0, 0.05) is 16.5 Å². The highest BCUT2D eigenvalue weighted by atomic mass is 79.9. The van der Waals surface area contributed by atoms with Crippen molar-refractivity contribution in [2.75, 3.05) is 0 Å². The predicted molar refractivity (Wildman–Crippen MR) is 76.9 cm³/mol. The van der Waals surface area contributed by atoms with Gasteiger partial charge < -0.3 is 9.84 Å². The molecule has 100 valence electrons. The van der Waals surface area contributed by atoms with Crippen molar-refractivity contribution in [3.63, 3.8) is 0 Å². The zero-order valence-corrected chi connectivity index (χ0v) is 12.7. The molecule has 0 fully saturated rings. The number of rotatable bonds is 4. The number of halogens is 1. The van der Waals surface area contributed by atoms with Gasteiger partial charge in [-0.15, -0.1) is 0 Å². The first-order valence-electron chi connectivity index (χ1n) is 6.77. The molecule has 2 nitrogen and oxygen atoms in total. The Balaban J connectivity index is 2.27. The third-order valence-corrected chi connectivity index (χ3v) is 4.35. The molecule has 2 unspecified atom stereocenters. The molecule has 0 radical (unpaired) electrons. The lowest BCUT2D eigenvalue weighted by molar-refractivity contribution is -0.0241. The molecular weight excluding hydrogens is 292 g/mol. The van der Waals surface area contributed by atoms with Gasteiger partial charge >= 0.3 is 0 Å². The van der Waals surface area contributed by atoms with Gasteiger partial charge in [-0.2, -0.15) is 0 Å². The van der Waals surface area contributed by atoms with E-state index in [-0.39, 0.29) is 5.60 Å². The molecule has 1 N–H and O–H groups in total. The highest BCUT2D eigenvalue weighted by Gasteiger charge is 2.38. The fourth-order valence-electron chi connectivity index (χ4n) is 2.66. The van der Waals surface area contributed by atoms with E-state index in [9.17, 15) is 5.11 Å². The van der Waals surface area contributed by atoms with Crippen molar-refractivity contribution in [2.45, 2.75) is 57.7 Å². The Morgan fingerprint density at radius 1 is 1.44 bits per heavy atom. The Morgan fingerprint density at radius 3 is 2.89 bits per heavy atom. The molecule has 0 amide bonds. The van der Waals surface area contributed by atoms with Crippen LogP contribution in [0.4, 0.5) is 0 Å². The van der Waals surface area contributed by atoms with Crippen molar-refractivity contribution in [3.8, 4) is 5.75 Å². The molecule has 0 saturated carbocycles. The number of hydrogen-bond acceptors (Lipinski definition) is 2. The highest BCUT2D eigenvalue weighted by molar-refractivity contribution is 9.10. The molecule has 1 heterocycles. The molecule has 0 bridgehead atoms. The summed E-state index contributed by atoms with van der Waals surface area (Å²) in [5.41, 5.74) is 0.723. The van der Waals surface area contributed by atoms with Crippen LogP contribution in [0, 0.1) is 0 Å². The van der Waals surface area contributed by atoms with Gasteiger partial charge in [0.1, 0.15) is 11.4 Å². The molecule has 18 heavy (non-hydrogen) atoms. The Kier molecular flexibility index (Phi) is 4.33. The summed E-state index contributed by atoms with van der Waals surface area (Å²) < 4.78 is 7.20. The maximum absolute atomic E-state index is 10.4. The quantitative estimate of drug-likeness (QED) is 0.880. The van der Waals surface area contributed by atoms with Gasteiger partial charge in [0.2, 0.25) is 0 Å². The average molecular weight is 313 g/mol. The lowest BCUT2D eigenvalue weighted by Gasteiger charge is -2.40. The smallest absolute Gasteiger partial charge is 0.126 e. The number of hydrogen-bond donors (Lipinski definition) is 1. The second kappa shape index (κ2) is 5.62. The molecule has 3 heteroatoms. The van der Waals surface area contributed by atoms with Gasteiger partial charge in [-0.3, -0.25) is 0 Å². The van der Waals surface area contributed by atoms with Crippen LogP contribution < -0.4 is 4.74 Å². The Hall–Kier alpha value is -0.540. The maximum atomic E-state index is 10.4. The summed E-state index contributed by atoms with van der Waals surface area (Å²) in [4.78, 5) is 0. The van der Waals surface area contributed by atoms with Crippen LogP contribution in [0.25, 0.3) is 0 Å². The van der Waals surface area contributed by atoms with Crippen LogP contribution in [0.3, 0.4) is 0 Å². The van der Waals surface area contributed by atoms with Crippen LogP contribution in [0.2, 0.25) is 0 Å². The number of fused-ring (bicyclic) bond motifs is 1. The molecular formula is C15H21BrO2. The predicted octanol–water partition coefficient (Wildman–Crippen LogP) is 4.60. The van der Waals surface area contributed by atoms with E-state index in [1.807, 2.05) is 18.2 Å². The Bertz CT molecular complexity index is 419. The second-order valence-corrected chi connectivity index (χ2v) is 6.06. The van der Waals surface area contributed by atoms with Crippen LogP contribution in [-0.2, 0) is 0 Å². The summed E-state index contributed by atoms with van der Waals surface area (Å²) in [5, 5.41) is 10.4. The molecule has 2 rings (SSSR count). The van der Waals surface area contributed by atoms with Gasteiger partial charge in [-0.05, 0) is 37.5 Å². The minimum absolute atomic E-state index is 0.184. The number of benzene rings is 1. The van der Waals surface area contributed by atoms with Crippen molar-refractivity contribution in [1.29, 1.82) is 0 Å². The van der Waals surface area contributed by atoms with Gasteiger partial charge in [-0.1, -0.05) is 36.2 Å². The van der Waals surface area contributed by atoms with Crippen molar-refractivity contribution in [2.24, 2.45) is 0 Å². The number of aliphatic hydroxyl groups is 1. The number of aliphatic hydroxyl groups excluding tert-OH is 1. The summed E-state index contributed by atoms with van der Waals surface area (Å²) >= 11 is 3.44. The van der Waals surface area contributed by atoms with Gasteiger partial charge in [0.25, 0.3) is 0 Å². The molecule has 0 aromatic heterocycles. The van der Waals surface area contributed by atoms with E-state index in [2.05, 4.69) is 29.8 Å². The van der Waals surface area contributed by atoms with Crippen LogP contribution in [-0.4, -0.2) is 10.7 Å². The first-order valence-corrected chi connectivity index (χ1v) is 7.56. The van der Waals surface area contributed by atoms with E-state index in [0.29, 0.717) is 6.42 Å². The SMILES string of the molecule is CCCCC1(CC)CC(O)c2cc(Br)ccc2O1. The molecule has 0 saturated heterocycles. The molecule has 0 spiro atoms.